The van der Waals surface area contributed by atoms with Gasteiger partial charge in [-0.15, -0.1) is 0 Å². The second-order valence-electron chi connectivity index (χ2n) is 6.79. The predicted molar refractivity (Wildman–Crippen MR) is 106 cm³/mol. The molecule has 0 bridgehead atoms. The number of aliphatic imine (C=N–C) groups is 1. The SMILES string of the molecule is CCNC(=NCc1ccc([N+](=O)[O-])cc1)N1CCN(Cc2cc(C)on2)CC1. The number of aromatic nitrogens is 1. The number of aryl methyl sites for hydroxylation is 1. The Morgan fingerprint density at radius 2 is 2.00 bits per heavy atom. The topological polar surface area (TPSA) is 100 Å². The third-order valence-corrected chi connectivity index (χ3v) is 4.63. The molecule has 1 aliphatic heterocycles. The van der Waals surface area contributed by atoms with E-state index < -0.39 is 4.92 Å². The summed E-state index contributed by atoms with van der Waals surface area (Å²) in [6, 6.07) is 8.51. The number of guanidine groups is 1. The van der Waals surface area contributed by atoms with Gasteiger partial charge in [0.15, 0.2) is 5.96 Å². The van der Waals surface area contributed by atoms with E-state index in [9.17, 15) is 10.1 Å². The number of nitrogens with one attached hydrogen (secondary N) is 1. The molecule has 9 heteroatoms. The van der Waals surface area contributed by atoms with Crippen LogP contribution in [0.3, 0.4) is 0 Å². The minimum absolute atomic E-state index is 0.0954. The fraction of sp³-hybridized carbons (Fsp3) is 0.474. The van der Waals surface area contributed by atoms with E-state index in [0.29, 0.717) is 6.54 Å². The Morgan fingerprint density at radius 3 is 2.57 bits per heavy atom. The van der Waals surface area contributed by atoms with Crippen LogP contribution in [0.15, 0.2) is 39.8 Å². The lowest BCUT2D eigenvalue weighted by Crippen LogP contribution is -2.52. The molecule has 0 aliphatic carbocycles. The normalized spacial score (nSPS) is 15.6. The minimum atomic E-state index is -0.392. The summed E-state index contributed by atoms with van der Waals surface area (Å²) >= 11 is 0. The maximum absolute atomic E-state index is 10.8. The van der Waals surface area contributed by atoms with Gasteiger partial charge in [-0.3, -0.25) is 15.0 Å². The van der Waals surface area contributed by atoms with E-state index in [1.54, 1.807) is 12.1 Å². The summed E-state index contributed by atoms with van der Waals surface area (Å²) in [6.07, 6.45) is 0. The molecule has 0 saturated carbocycles. The molecule has 1 aliphatic rings. The molecule has 1 N–H and O–H groups in total. The van der Waals surface area contributed by atoms with Gasteiger partial charge in [0.1, 0.15) is 5.76 Å². The molecule has 9 nitrogen and oxygen atoms in total. The van der Waals surface area contributed by atoms with Crippen LogP contribution in [-0.4, -0.2) is 58.6 Å². The van der Waals surface area contributed by atoms with E-state index in [2.05, 4.69) is 20.3 Å². The smallest absolute Gasteiger partial charge is 0.269 e. The van der Waals surface area contributed by atoms with Gasteiger partial charge in [-0.05, 0) is 19.4 Å². The zero-order chi connectivity index (χ0) is 19.9. The van der Waals surface area contributed by atoms with Crippen LogP contribution in [0.2, 0.25) is 0 Å². The standard InChI is InChI=1S/C19H26N6O3/c1-3-20-19(21-13-16-4-6-18(7-5-16)25(26)27)24-10-8-23(9-11-24)14-17-12-15(2)28-22-17/h4-7,12H,3,8-11,13-14H2,1-2H3,(H,20,21). The molecule has 0 unspecified atom stereocenters. The van der Waals surface area contributed by atoms with E-state index in [0.717, 1.165) is 62.2 Å². The summed E-state index contributed by atoms with van der Waals surface area (Å²) in [7, 11) is 0. The minimum Gasteiger partial charge on any atom is -0.361 e. The summed E-state index contributed by atoms with van der Waals surface area (Å²) in [5, 5.41) is 18.2. The van der Waals surface area contributed by atoms with Gasteiger partial charge >= 0.3 is 0 Å². The average Bonchev–Trinajstić information content (AvgIpc) is 3.11. The summed E-state index contributed by atoms with van der Waals surface area (Å²) < 4.78 is 5.14. The first-order valence-corrected chi connectivity index (χ1v) is 9.46. The van der Waals surface area contributed by atoms with E-state index in [1.165, 1.54) is 12.1 Å². The number of nitro benzene ring substituents is 1. The van der Waals surface area contributed by atoms with Crippen LogP contribution in [0.5, 0.6) is 0 Å². The monoisotopic (exact) mass is 386 g/mol. The largest absolute Gasteiger partial charge is 0.361 e. The van der Waals surface area contributed by atoms with Crippen LogP contribution in [0.4, 0.5) is 5.69 Å². The fourth-order valence-electron chi connectivity index (χ4n) is 3.15. The molecule has 2 aromatic rings. The van der Waals surface area contributed by atoms with Crippen LogP contribution < -0.4 is 5.32 Å². The quantitative estimate of drug-likeness (QED) is 0.351. The molecule has 0 amide bonds. The van der Waals surface area contributed by atoms with E-state index in [1.807, 2.05) is 19.9 Å². The number of hydrogen-bond donors (Lipinski definition) is 1. The molecule has 3 rings (SSSR count). The van der Waals surface area contributed by atoms with Crippen molar-refractivity contribution in [2.45, 2.75) is 26.9 Å². The molecule has 0 spiro atoms. The summed E-state index contributed by atoms with van der Waals surface area (Å²) in [5.41, 5.74) is 2.00. The van der Waals surface area contributed by atoms with Crippen LogP contribution in [-0.2, 0) is 13.1 Å². The van der Waals surface area contributed by atoms with Crippen molar-refractivity contribution in [1.82, 2.24) is 20.3 Å². The van der Waals surface area contributed by atoms with Gasteiger partial charge in [-0.2, -0.15) is 0 Å². The van der Waals surface area contributed by atoms with E-state index in [4.69, 9.17) is 9.52 Å². The number of benzene rings is 1. The molecule has 0 radical (unpaired) electrons. The van der Waals surface area contributed by atoms with Gasteiger partial charge in [0, 0.05) is 57.5 Å². The van der Waals surface area contributed by atoms with Crippen molar-refractivity contribution >= 4 is 11.6 Å². The molecule has 1 aromatic carbocycles. The molecule has 0 atom stereocenters. The Labute approximate surface area is 164 Å². The first-order valence-electron chi connectivity index (χ1n) is 9.46. The Bertz CT molecular complexity index is 809. The Hall–Kier alpha value is -2.94. The highest BCUT2D eigenvalue weighted by atomic mass is 16.6. The third kappa shape index (κ3) is 5.29. The number of piperazine rings is 1. The molecule has 1 saturated heterocycles. The summed E-state index contributed by atoms with van der Waals surface area (Å²) in [4.78, 5) is 19.7. The summed E-state index contributed by atoms with van der Waals surface area (Å²) in [5.74, 6) is 1.71. The van der Waals surface area contributed by atoms with E-state index >= 15 is 0 Å². The number of rotatable bonds is 6. The molecule has 1 aromatic heterocycles. The van der Waals surface area contributed by atoms with Gasteiger partial charge in [0.2, 0.25) is 0 Å². The van der Waals surface area contributed by atoms with Gasteiger partial charge in [0.25, 0.3) is 5.69 Å². The lowest BCUT2D eigenvalue weighted by atomic mass is 10.2. The number of nitrogens with zero attached hydrogens (tertiary/aromatic N) is 5. The van der Waals surface area contributed by atoms with Gasteiger partial charge in [-0.1, -0.05) is 17.3 Å². The third-order valence-electron chi connectivity index (χ3n) is 4.63. The average molecular weight is 386 g/mol. The number of hydrogen-bond acceptors (Lipinski definition) is 6. The maximum Gasteiger partial charge on any atom is 0.269 e. The van der Waals surface area contributed by atoms with Crippen LogP contribution in [0, 0.1) is 17.0 Å². The van der Waals surface area contributed by atoms with Gasteiger partial charge in [-0.25, -0.2) is 4.99 Å². The molecule has 150 valence electrons. The second-order valence-corrected chi connectivity index (χ2v) is 6.79. The second kappa shape index (κ2) is 9.32. The maximum atomic E-state index is 10.8. The van der Waals surface area contributed by atoms with Crippen molar-refractivity contribution < 1.29 is 9.45 Å². The van der Waals surface area contributed by atoms with Gasteiger partial charge in [0.05, 0.1) is 17.2 Å². The Kier molecular flexibility index (Phi) is 6.59. The van der Waals surface area contributed by atoms with Crippen LogP contribution in [0.1, 0.15) is 23.9 Å². The molecule has 2 heterocycles. The molecule has 1 fully saturated rings. The van der Waals surface area contributed by atoms with Crippen molar-refractivity contribution in [3.8, 4) is 0 Å². The predicted octanol–water partition coefficient (Wildman–Crippen LogP) is 2.17. The molecular formula is C19H26N6O3. The van der Waals surface area contributed by atoms with Crippen molar-refractivity contribution in [2.24, 2.45) is 4.99 Å². The number of non-ortho nitro benzene ring substituents is 1. The lowest BCUT2D eigenvalue weighted by molar-refractivity contribution is -0.384. The molecular weight excluding hydrogens is 360 g/mol. The highest BCUT2D eigenvalue weighted by Crippen LogP contribution is 2.13. The van der Waals surface area contributed by atoms with Crippen LogP contribution in [0.25, 0.3) is 0 Å². The zero-order valence-corrected chi connectivity index (χ0v) is 16.3. The Balaban J connectivity index is 1.56. The zero-order valence-electron chi connectivity index (χ0n) is 16.3. The van der Waals surface area contributed by atoms with Crippen molar-refractivity contribution in [3.63, 3.8) is 0 Å². The van der Waals surface area contributed by atoms with Crippen molar-refractivity contribution in [2.75, 3.05) is 32.7 Å². The fourth-order valence-corrected chi connectivity index (χ4v) is 3.15. The Morgan fingerprint density at radius 1 is 1.29 bits per heavy atom. The summed E-state index contributed by atoms with van der Waals surface area (Å²) in [6.45, 7) is 9.62. The van der Waals surface area contributed by atoms with Gasteiger partial charge < -0.3 is 14.7 Å². The van der Waals surface area contributed by atoms with Crippen molar-refractivity contribution in [3.05, 3.63) is 57.5 Å². The first kappa shape index (κ1) is 19.8. The molecule has 28 heavy (non-hydrogen) atoms. The van der Waals surface area contributed by atoms with Crippen molar-refractivity contribution in [1.29, 1.82) is 0 Å². The highest BCUT2D eigenvalue weighted by molar-refractivity contribution is 5.80. The highest BCUT2D eigenvalue weighted by Gasteiger charge is 2.20. The van der Waals surface area contributed by atoms with Crippen LogP contribution >= 0.6 is 0 Å². The lowest BCUT2D eigenvalue weighted by Gasteiger charge is -2.36. The van der Waals surface area contributed by atoms with E-state index in [-0.39, 0.29) is 5.69 Å². The number of nitro groups is 1. The first-order chi connectivity index (χ1) is 13.5.